The van der Waals surface area contributed by atoms with Crippen LogP contribution < -0.4 is 4.74 Å². The molecule has 0 atom stereocenters. The highest BCUT2D eigenvalue weighted by molar-refractivity contribution is 6.51. The minimum absolute atomic E-state index is 0.128. The van der Waals surface area contributed by atoms with Crippen molar-refractivity contribution >= 4 is 22.7 Å². The molecule has 1 aliphatic carbocycles. The molecule has 0 unspecified atom stereocenters. The molecule has 0 spiro atoms. The van der Waals surface area contributed by atoms with Gasteiger partial charge in [0.15, 0.2) is 11.6 Å². The number of hydrogen-bond acceptors (Lipinski definition) is 3. The maximum atomic E-state index is 13.3. The van der Waals surface area contributed by atoms with E-state index in [0.717, 1.165) is 5.56 Å². The Labute approximate surface area is 151 Å². The number of benzene rings is 3. The summed E-state index contributed by atoms with van der Waals surface area (Å²) in [5, 5.41) is 0. The van der Waals surface area contributed by atoms with E-state index in [1.165, 1.54) is 0 Å². The topological polar surface area (TPSA) is 43.4 Å². The van der Waals surface area contributed by atoms with E-state index in [1.54, 1.807) is 43.5 Å². The molecule has 0 saturated carbocycles. The Hall–Kier alpha value is -3.46. The highest BCUT2D eigenvalue weighted by atomic mass is 16.5. The molecule has 4 rings (SSSR count). The molecule has 0 N–H and O–H groups in total. The van der Waals surface area contributed by atoms with Gasteiger partial charge in [0, 0.05) is 22.3 Å². The van der Waals surface area contributed by atoms with Crippen molar-refractivity contribution in [3.05, 3.63) is 101 Å². The molecule has 0 heterocycles. The van der Waals surface area contributed by atoms with Gasteiger partial charge >= 0.3 is 0 Å². The average molecular weight is 340 g/mol. The smallest absolute Gasteiger partial charge is 0.195 e. The number of carbonyl (C=O) groups is 2. The number of methoxy groups -OCH3 is 1. The second-order valence-electron chi connectivity index (χ2n) is 6.05. The maximum Gasteiger partial charge on any atom is 0.195 e. The molecule has 0 aromatic heterocycles. The predicted octanol–water partition coefficient (Wildman–Crippen LogP) is 4.69. The van der Waals surface area contributed by atoms with Gasteiger partial charge in [0.25, 0.3) is 0 Å². The summed E-state index contributed by atoms with van der Waals surface area (Å²) in [6, 6.07) is 23.5. The summed E-state index contributed by atoms with van der Waals surface area (Å²) >= 11 is 0. The second-order valence-corrected chi connectivity index (χ2v) is 6.05. The molecule has 0 radical (unpaired) electrons. The Balaban J connectivity index is 2.00. The first-order chi connectivity index (χ1) is 12.7. The summed E-state index contributed by atoms with van der Waals surface area (Å²) in [7, 11) is 1.59. The van der Waals surface area contributed by atoms with Crippen LogP contribution in [0.3, 0.4) is 0 Å². The lowest BCUT2D eigenvalue weighted by molar-refractivity contribution is 0.101. The largest absolute Gasteiger partial charge is 0.497 e. The maximum absolute atomic E-state index is 13.3. The van der Waals surface area contributed by atoms with Crippen molar-refractivity contribution in [1.82, 2.24) is 0 Å². The number of rotatable bonds is 3. The van der Waals surface area contributed by atoms with Crippen LogP contribution in [0.1, 0.15) is 31.8 Å². The molecule has 126 valence electrons. The zero-order chi connectivity index (χ0) is 18.1. The number of ether oxygens (including phenoxy) is 1. The van der Waals surface area contributed by atoms with E-state index < -0.39 is 0 Å². The molecule has 0 saturated heterocycles. The van der Waals surface area contributed by atoms with Crippen molar-refractivity contribution in [3.63, 3.8) is 0 Å². The summed E-state index contributed by atoms with van der Waals surface area (Å²) in [4.78, 5) is 26.5. The Bertz CT molecular complexity index is 1030. The third-order valence-electron chi connectivity index (χ3n) is 4.56. The SMILES string of the molecule is COc1ccc(C2=C(c3ccccc3)C(=O)c3ccccc3C2=O)cc1. The van der Waals surface area contributed by atoms with E-state index in [9.17, 15) is 9.59 Å². The number of Topliss-reactive ketones (excluding diaryl/α,β-unsaturated/α-hetero) is 2. The zero-order valence-corrected chi connectivity index (χ0v) is 14.2. The van der Waals surface area contributed by atoms with Gasteiger partial charge in [-0.3, -0.25) is 9.59 Å². The Morgan fingerprint density at radius 1 is 0.577 bits per heavy atom. The zero-order valence-electron chi connectivity index (χ0n) is 14.2. The number of carbonyl (C=O) groups excluding carboxylic acids is 2. The first-order valence-corrected chi connectivity index (χ1v) is 8.33. The lowest BCUT2D eigenvalue weighted by atomic mass is 9.79. The van der Waals surface area contributed by atoms with E-state index in [1.807, 2.05) is 42.5 Å². The lowest BCUT2D eigenvalue weighted by Crippen LogP contribution is -2.20. The molecule has 0 amide bonds. The van der Waals surface area contributed by atoms with Gasteiger partial charge < -0.3 is 4.74 Å². The van der Waals surface area contributed by atoms with Gasteiger partial charge in [-0.1, -0.05) is 66.7 Å². The number of ketones is 2. The fraction of sp³-hybridized carbons (Fsp3) is 0.0435. The fourth-order valence-corrected chi connectivity index (χ4v) is 3.29. The highest BCUT2D eigenvalue weighted by Gasteiger charge is 2.33. The van der Waals surface area contributed by atoms with Crippen molar-refractivity contribution in [3.8, 4) is 5.75 Å². The molecule has 3 aromatic carbocycles. The minimum Gasteiger partial charge on any atom is -0.497 e. The van der Waals surface area contributed by atoms with Crippen LogP contribution in [0.2, 0.25) is 0 Å². The van der Waals surface area contributed by atoms with Crippen LogP contribution in [0.5, 0.6) is 5.75 Å². The third-order valence-corrected chi connectivity index (χ3v) is 4.56. The fourth-order valence-electron chi connectivity index (χ4n) is 3.29. The van der Waals surface area contributed by atoms with Crippen LogP contribution in [0, 0.1) is 0 Å². The summed E-state index contributed by atoms with van der Waals surface area (Å²) in [5.74, 6) is 0.437. The Kier molecular flexibility index (Phi) is 3.98. The summed E-state index contributed by atoms with van der Waals surface area (Å²) in [5.41, 5.74) is 3.22. The van der Waals surface area contributed by atoms with Crippen molar-refractivity contribution in [2.75, 3.05) is 7.11 Å². The monoisotopic (exact) mass is 340 g/mol. The molecule has 26 heavy (non-hydrogen) atoms. The van der Waals surface area contributed by atoms with Crippen LogP contribution in [-0.2, 0) is 0 Å². The molecule has 0 bridgehead atoms. The molecule has 3 nitrogen and oxygen atoms in total. The van der Waals surface area contributed by atoms with Crippen molar-refractivity contribution in [1.29, 1.82) is 0 Å². The van der Waals surface area contributed by atoms with E-state index in [4.69, 9.17) is 4.74 Å². The second kappa shape index (κ2) is 6.45. The third kappa shape index (κ3) is 2.54. The van der Waals surface area contributed by atoms with Gasteiger partial charge in [-0.25, -0.2) is 0 Å². The highest BCUT2D eigenvalue weighted by Crippen LogP contribution is 2.37. The summed E-state index contributed by atoms with van der Waals surface area (Å²) < 4.78 is 5.20. The van der Waals surface area contributed by atoms with Gasteiger partial charge in [-0.2, -0.15) is 0 Å². The normalized spacial score (nSPS) is 13.6. The standard InChI is InChI=1S/C23H16O3/c1-26-17-13-11-16(12-14-17)21-20(15-7-3-2-4-8-15)22(24)18-9-5-6-10-19(18)23(21)25/h2-14H,1H3. The van der Waals surface area contributed by atoms with Crippen LogP contribution in [0.4, 0.5) is 0 Å². The van der Waals surface area contributed by atoms with E-state index >= 15 is 0 Å². The molecule has 3 heteroatoms. The minimum atomic E-state index is -0.135. The average Bonchev–Trinajstić information content (AvgIpc) is 2.71. The van der Waals surface area contributed by atoms with Crippen molar-refractivity contribution in [2.24, 2.45) is 0 Å². The Morgan fingerprint density at radius 2 is 1.04 bits per heavy atom. The lowest BCUT2D eigenvalue weighted by Gasteiger charge is -2.21. The Morgan fingerprint density at radius 3 is 1.54 bits per heavy atom. The van der Waals surface area contributed by atoms with E-state index in [-0.39, 0.29) is 11.6 Å². The van der Waals surface area contributed by atoms with Gasteiger partial charge in [0.2, 0.25) is 0 Å². The molecular formula is C23H16O3. The molecular weight excluding hydrogens is 324 g/mol. The summed E-state index contributed by atoms with van der Waals surface area (Å²) in [6.45, 7) is 0. The first kappa shape index (κ1) is 16.0. The molecule has 1 aliphatic rings. The summed E-state index contributed by atoms with van der Waals surface area (Å²) in [6.07, 6.45) is 0. The number of allylic oxidation sites excluding steroid dienone is 2. The number of fused-ring (bicyclic) bond motifs is 1. The van der Waals surface area contributed by atoms with E-state index in [0.29, 0.717) is 33.6 Å². The molecule has 3 aromatic rings. The molecule has 0 aliphatic heterocycles. The predicted molar refractivity (Wildman–Crippen MR) is 101 cm³/mol. The van der Waals surface area contributed by atoms with Crippen molar-refractivity contribution in [2.45, 2.75) is 0 Å². The van der Waals surface area contributed by atoms with Gasteiger partial charge in [0.05, 0.1) is 7.11 Å². The van der Waals surface area contributed by atoms with Gasteiger partial charge in [-0.05, 0) is 23.3 Å². The van der Waals surface area contributed by atoms with Gasteiger partial charge in [-0.15, -0.1) is 0 Å². The van der Waals surface area contributed by atoms with Crippen LogP contribution in [-0.4, -0.2) is 18.7 Å². The van der Waals surface area contributed by atoms with Crippen molar-refractivity contribution < 1.29 is 14.3 Å². The van der Waals surface area contributed by atoms with Gasteiger partial charge in [0.1, 0.15) is 5.75 Å². The van der Waals surface area contributed by atoms with Crippen LogP contribution >= 0.6 is 0 Å². The first-order valence-electron chi connectivity index (χ1n) is 8.33. The number of hydrogen-bond donors (Lipinski definition) is 0. The quantitative estimate of drug-likeness (QED) is 0.695. The van der Waals surface area contributed by atoms with E-state index in [2.05, 4.69) is 0 Å². The van der Waals surface area contributed by atoms with Crippen LogP contribution in [0.15, 0.2) is 78.9 Å². The molecule has 0 fully saturated rings. The van der Waals surface area contributed by atoms with Crippen LogP contribution in [0.25, 0.3) is 11.1 Å².